The molecule has 0 aliphatic carbocycles. The molecule has 5 heteroatoms. The highest BCUT2D eigenvalue weighted by Crippen LogP contribution is 2.14. The van der Waals surface area contributed by atoms with Gasteiger partial charge in [-0.1, -0.05) is 6.92 Å². The van der Waals surface area contributed by atoms with Gasteiger partial charge >= 0.3 is 0 Å². The highest BCUT2D eigenvalue weighted by molar-refractivity contribution is 7.88. The number of nitrogens with zero attached hydrogens (tertiary/aromatic N) is 1. The van der Waals surface area contributed by atoms with Crippen molar-refractivity contribution in [3.8, 4) is 0 Å². The molecule has 0 aromatic carbocycles. The molecule has 1 saturated heterocycles. The second-order valence-electron chi connectivity index (χ2n) is 3.53. The van der Waals surface area contributed by atoms with Crippen molar-refractivity contribution >= 4 is 10.0 Å². The summed E-state index contributed by atoms with van der Waals surface area (Å²) < 4.78 is 24.7. The fourth-order valence-corrected chi connectivity index (χ4v) is 2.51. The van der Waals surface area contributed by atoms with Crippen molar-refractivity contribution in [3.05, 3.63) is 0 Å². The lowest BCUT2D eigenvalue weighted by Crippen LogP contribution is -2.50. The van der Waals surface area contributed by atoms with Crippen LogP contribution in [0.4, 0.5) is 0 Å². The minimum Gasteiger partial charge on any atom is -0.288 e. The Balaban J connectivity index is 2.55. The number of nitrogens with one attached hydrogen (secondary N) is 1. The van der Waals surface area contributed by atoms with Crippen molar-refractivity contribution in [2.24, 2.45) is 0 Å². The van der Waals surface area contributed by atoms with Crippen LogP contribution in [0.1, 0.15) is 26.2 Å². The number of hydrogen-bond donors (Lipinski definition) is 1. The molecule has 1 unspecified atom stereocenters. The Morgan fingerprint density at radius 3 is 2.69 bits per heavy atom. The molecule has 0 radical (unpaired) electrons. The van der Waals surface area contributed by atoms with Crippen LogP contribution in [0.5, 0.6) is 0 Å². The molecule has 0 amide bonds. The largest absolute Gasteiger partial charge is 0.288 e. The standard InChI is InChI=1S/C8H18N2O2S/c1-3-10-7-5-4-6-8(10)9-13(2,11)12/h8-9H,3-7H2,1-2H3. The van der Waals surface area contributed by atoms with Crippen molar-refractivity contribution in [2.75, 3.05) is 19.3 Å². The van der Waals surface area contributed by atoms with Gasteiger partial charge < -0.3 is 0 Å². The molecule has 1 rings (SSSR count). The Bertz CT molecular complexity index is 251. The van der Waals surface area contributed by atoms with Gasteiger partial charge in [-0.2, -0.15) is 4.72 Å². The number of piperidine rings is 1. The maximum atomic E-state index is 11.0. The van der Waals surface area contributed by atoms with Crippen molar-refractivity contribution < 1.29 is 8.42 Å². The first-order valence-electron chi connectivity index (χ1n) is 4.74. The van der Waals surface area contributed by atoms with Crippen LogP contribution in [-0.4, -0.2) is 38.8 Å². The van der Waals surface area contributed by atoms with Crippen LogP contribution in [0, 0.1) is 0 Å². The van der Waals surface area contributed by atoms with Crippen LogP contribution >= 0.6 is 0 Å². The summed E-state index contributed by atoms with van der Waals surface area (Å²) in [5, 5.41) is 0. The van der Waals surface area contributed by atoms with Gasteiger partial charge in [-0.25, -0.2) is 8.42 Å². The van der Waals surface area contributed by atoms with E-state index in [2.05, 4.69) is 16.5 Å². The van der Waals surface area contributed by atoms with E-state index in [1.807, 2.05) is 0 Å². The summed E-state index contributed by atoms with van der Waals surface area (Å²) in [7, 11) is -3.06. The number of hydrogen-bond acceptors (Lipinski definition) is 3. The number of rotatable bonds is 3. The molecule has 1 heterocycles. The predicted molar refractivity (Wildman–Crippen MR) is 52.9 cm³/mol. The van der Waals surface area contributed by atoms with Gasteiger partial charge in [-0.15, -0.1) is 0 Å². The molecule has 1 aliphatic rings. The SMILES string of the molecule is CCN1CCCCC1NS(C)(=O)=O. The van der Waals surface area contributed by atoms with Gasteiger partial charge in [-0.05, 0) is 32.4 Å². The van der Waals surface area contributed by atoms with Crippen molar-refractivity contribution in [2.45, 2.75) is 32.4 Å². The van der Waals surface area contributed by atoms with Crippen LogP contribution in [0.25, 0.3) is 0 Å². The summed E-state index contributed by atoms with van der Waals surface area (Å²) in [5.74, 6) is 0. The summed E-state index contributed by atoms with van der Waals surface area (Å²) >= 11 is 0. The van der Waals surface area contributed by atoms with E-state index < -0.39 is 10.0 Å². The normalized spacial score (nSPS) is 26.2. The quantitative estimate of drug-likeness (QED) is 0.725. The lowest BCUT2D eigenvalue weighted by Gasteiger charge is -2.34. The third-order valence-electron chi connectivity index (χ3n) is 2.37. The Labute approximate surface area is 80.4 Å². The van der Waals surface area contributed by atoms with Crippen LogP contribution in [-0.2, 0) is 10.0 Å². The monoisotopic (exact) mass is 206 g/mol. The minimum absolute atomic E-state index is 0.0220. The molecular formula is C8H18N2O2S. The Hall–Kier alpha value is -0.130. The van der Waals surface area contributed by atoms with Gasteiger partial charge in [0.05, 0.1) is 12.4 Å². The lowest BCUT2D eigenvalue weighted by molar-refractivity contribution is 0.147. The van der Waals surface area contributed by atoms with Gasteiger partial charge in [0.15, 0.2) is 0 Å². The van der Waals surface area contributed by atoms with Crippen molar-refractivity contribution in [1.82, 2.24) is 9.62 Å². The number of sulfonamides is 1. The van der Waals surface area contributed by atoms with E-state index in [-0.39, 0.29) is 6.17 Å². The van der Waals surface area contributed by atoms with Gasteiger partial charge in [0.1, 0.15) is 0 Å². The zero-order valence-corrected chi connectivity index (χ0v) is 9.10. The van der Waals surface area contributed by atoms with Crippen LogP contribution < -0.4 is 4.72 Å². The molecule has 0 aromatic rings. The average Bonchev–Trinajstić information content (AvgIpc) is 2.02. The third kappa shape index (κ3) is 3.62. The summed E-state index contributed by atoms with van der Waals surface area (Å²) in [6.45, 7) is 3.97. The molecule has 0 aromatic heterocycles. The molecule has 0 saturated carbocycles. The zero-order valence-electron chi connectivity index (χ0n) is 8.28. The van der Waals surface area contributed by atoms with Crippen LogP contribution in [0.3, 0.4) is 0 Å². The van der Waals surface area contributed by atoms with E-state index in [1.54, 1.807) is 0 Å². The van der Waals surface area contributed by atoms with Crippen molar-refractivity contribution in [3.63, 3.8) is 0 Å². The van der Waals surface area contributed by atoms with Gasteiger partial charge in [-0.3, -0.25) is 4.90 Å². The molecule has 1 fully saturated rings. The first kappa shape index (κ1) is 10.9. The van der Waals surface area contributed by atoms with Crippen molar-refractivity contribution in [1.29, 1.82) is 0 Å². The van der Waals surface area contributed by atoms with E-state index in [0.717, 1.165) is 25.9 Å². The summed E-state index contributed by atoms with van der Waals surface area (Å²) in [5.41, 5.74) is 0. The maximum Gasteiger partial charge on any atom is 0.210 e. The van der Waals surface area contributed by atoms with E-state index in [0.29, 0.717) is 0 Å². The fraction of sp³-hybridized carbons (Fsp3) is 1.00. The highest BCUT2D eigenvalue weighted by Gasteiger charge is 2.22. The summed E-state index contributed by atoms with van der Waals surface area (Å²) in [6, 6.07) is 0. The Kier molecular flexibility index (Phi) is 3.70. The summed E-state index contributed by atoms with van der Waals surface area (Å²) in [4.78, 5) is 2.17. The smallest absolute Gasteiger partial charge is 0.210 e. The second kappa shape index (κ2) is 4.39. The van der Waals surface area contributed by atoms with Gasteiger partial charge in [0.2, 0.25) is 10.0 Å². The predicted octanol–water partition coefficient (Wildman–Crippen LogP) is 0.367. The van der Waals surface area contributed by atoms with Gasteiger partial charge in [0.25, 0.3) is 0 Å². The number of likely N-dealkylation sites (tertiary alicyclic amines) is 1. The van der Waals surface area contributed by atoms with Crippen LogP contribution in [0.2, 0.25) is 0 Å². The molecule has 78 valence electrons. The maximum absolute atomic E-state index is 11.0. The lowest BCUT2D eigenvalue weighted by atomic mass is 10.1. The Morgan fingerprint density at radius 1 is 1.46 bits per heavy atom. The molecule has 1 aliphatic heterocycles. The first-order chi connectivity index (χ1) is 6.03. The Morgan fingerprint density at radius 2 is 2.15 bits per heavy atom. The molecule has 1 N–H and O–H groups in total. The molecule has 4 nitrogen and oxygen atoms in total. The molecular weight excluding hydrogens is 188 g/mol. The highest BCUT2D eigenvalue weighted by atomic mass is 32.2. The van der Waals surface area contributed by atoms with E-state index >= 15 is 0 Å². The third-order valence-corrected chi connectivity index (χ3v) is 3.07. The molecule has 0 bridgehead atoms. The molecule has 0 spiro atoms. The van der Waals surface area contributed by atoms with Gasteiger partial charge in [0, 0.05) is 0 Å². The fourth-order valence-electron chi connectivity index (χ4n) is 1.75. The first-order valence-corrected chi connectivity index (χ1v) is 6.63. The minimum atomic E-state index is -3.06. The van der Waals surface area contributed by atoms with E-state index in [4.69, 9.17) is 0 Å². The molecule has 13 heavy (non-hydrogen) atoms. The van der Waals surface area contributed by atoms with E-state index in [9.17, 15) is 8.42 Å². The summed E-state index contributed by atoms with van der Waals surface area (Å²) in [6.07, 6.45) is 4.46. The zero-order chi connectivity index (χ0) is 9.90. The van der Waals surface area contributed by atoms with Crippen LogP contribution in [0.15, 0.2) is 0 Å². The second-order valence-corrected chi connectivity index (χ2v) is 5.31. The topological polar surface area (TPSA) is 49.4 Å². The molecule has 1 atom stereocenters. The van der Waals surface area contributed by atoms with E-state index in [1.165, 1.54) is 12.7 Å². The average molecular weight is 206 g/mol.